The van der Waals surface area contributed by atoms with Crippen molar-refractivity contribution >= 4 is 58.4 Å². The maximum absolute atomic E-state index is 15.3. The molecule has 4 aromatic carbocycles. The zero-order valence-corrected chi connectivity index (χ0v) is 29.1. The van der Waals surface area contributed by atoms with Crippen molar-refractivity contribution in [1.82, 2.24) is 0 Å². The lowest BCUT2D eigenvalue weighted by molar-refractivity contribution is -0.384. The lowest BCUT2D eigenvalue weighted by Gasteiger charge is -2.49. The molecule has 4 aliphatic rings. The number of carbonyl (C=O) groups excluding carboxylic acids is 4. The Kier molecular flexibility index (Phi) is 8.26. The first-order chi connectivity index (χ1) is 25.6. The second-order valence-corrected chi connectivity index (χ2v) is 14.2. The monoisotopic (exact) mass is 729 g/mol. The number of carbonyl (C=O) groups is 4. The van der Waals surface area contributed by atoms with E-state index in [1.54, 1.807) is 36.4 Å². The van der Waals surface area contributed by atoms with Crippen LogP contribution in [0.4, 0.5) is 17.1 Å². The normalized spacial score (nSPS) is 26.4. The van der Waals surface area contributed by atoms with E-state index in [0.29, 0.717) is 21.8 Å². The number of imide groups is 2. The van der Waals surface area contributed by atoms with E-state index >= 15 is 4.79 Å². The molecule has 2 aliphatic carbocycles. The van der Waals surface area contributed by atoms with E-state index in [0.717, 1.165) is 10.5 Å². The predicted molar refractivity (Wildman–Crippen MR) is 196 cm³/mol. The quantitative estimate of drug-likeness (QED) is 0.0938. The van der Waals surface area contributed by atoms with Crippen LogP contribution in [-0.4, -0.2) is 40.8 Å². The van der Waals surface area contributed by atoms with Gasteiger partial charge in [-0.2, -0.15) is 0 Å². The fourth-order valence-electron chi connectivity index (χ4n) is 8.97. The zero-order valence-electron chi connectivity index (χ0n) is 28.3. The summed E-state index contributed by atoms with van der Waals surface area (Å²) in [6.07, 6.45) is 5.98. The number of benzene rings is 4. The van der Waals surface area contributed by atoms with E-state index in [1.807, 2.05) is 48.6 Å². The summed E-state index contributed by atoms with van der Waals surface area (Å²) in [5.74, 6) is -5.34. The van der Waals surface area contributed by atoms with Crippen molar-refractivity contribution in [2.45, 2.75) is 18.3 Å². The van der Waals surface area contributed by atoms with Crippen molar-refractivity contribution in [3.8, 4) is 11.5 Å². The largest absolute Gasteiger partial charge is 0.504 e. The topological polar surface area (TPSA) is 147 Å². The van der Waals surface area contributed by atoms with E-state index in [9.17, 15) is 29.6 Å². The van der Waals surface area contributed by atoms with E-state index in [-0.39, 0.29) is 35.7 Å². The number of aromatic hydroxyl groups is 1. The number of phenolic OH excluding ortho intramolecular Hbond substituents is 1. The van der Waals surface area contributed by atoms with Crippen molar-refractivity contribution in [3.05, 3.63) is 141 Å². The minimum Gasteiger partial charge on any atom is -0.504 e. The van der Waals surface area contributed by atoms with Gasteiger partial charge in [0.2, 0.25) is 23.6 Å². The Hall–Kier alpha value is -6.07. The number of nitrogens with zero attached hydrogens (tertiary/aromatic N) is 3. The number of halogens is 1. The molecule has 11 nitrogen and oxygen atoms in total. The van der Waals surface area contributed by atoms with Crippen molar-refractivity contribution in [3.63, 3.8) is 0 Å². The number of fused-ring (bicyclic) bond motifs is 4. The van der Waals surface area contributed by atoms with Crippen LogP contribution in [0.15, 0.2) is 115 Å². The minimum absolute atomic E-state index is 0.0417. The summed E-state index contributed by atoms with van der Waals surface area (Å²) in [6.45, 7) is 0. The van der Waals surface area contributed by atoms with Gasteiger partial charge in [0.05, 0.1) is 46.6 Å². The number of ether oxygens (including phenoxy) is 1. The molecule has 0 unspecified atom stereocenters. The van der Waals surface area contributed by atoms with E-state index in [2.05, 4.69) is 0 Å². The Bertz CT molecular complexity index is 2270. The number of anilines is 2. The molecule has 53 heavy (non-hydrogen) atoms. The van der Waals surface area contributed by atoms with Gasteiger partial charge < -0.3 is 9.84 Å². The number of allylic oxidation sites excluding steroid dienone is 3. The Morgan fingerprint density at radius 2 is 1.62 bits per heavy atom. The average molecular weight is 730 g/mol. The predicted octanol–water partition coefficient (Wildman–Crippen LogP) is 6.88. The third-order valence-electron chi connectivity index (χ3n) is 11.2. The molecule has 2 aliphatic heterocycles. The van der Waals surface area contributed by atoms with Crippen LogP contribution in [0.2, 0.25) is 5.02 Å². The van der Waals surface area contributed by atoms with Gasteiger partial charge in [-0.3, -0.25) is 34.2 Å². The molecule has 0 radical (unpaired) electrons. The van der Waals surface area contributed by atoms with Gasteiger partial charge >= 0.3 is 0 Å². The van der Waals surface area contributed by atoms with Crippen molar-refractivity contribution in [2.24, 2.45) is 29.6 Å². The highest BCUT2D eigenvalue weighted by atomic mass is 35.5. The molecule has 266 valence electrons. The number of non-ortho nitro benzene ring substituents is 1. The van der Waals surface area contributed by atoms with Crippen LogP contribution in [0, 0.1) is 39.7 Å². The Labute approximate surface area is 308 Å². The second-order valence-electron chi connectivity index (χ2n) is 13.7. The van der Waals surface area contributed by atoms with Crippen molar-refractivity contribution < 1.29 is 33.9 Å². The molecule has 2 saturated heterocycles. The summed E-state index contributed by atoms with van der Waals surface area (Å²) in [7, 11) is 1.44. The molecule has 1 saturated carbocycles. The summed E-state index contributed by atoms with van der Waals surface area (Å²) in [6, 6.07) is 25.9. The summed E-state index contributed by atoms with van der Waals surface area (Å²) in [4.78, 5) is 71.5. The molecule has 4 amide bonds. The summed E-state index contributed by atoms with van der Waals surface area (Å²) in [5, 5.41) is 21.9. The van der Waals surface area contributed by atoms with Gasteiger partial charge in [0, 0.05) is 23.1 Å². The molecule has 2 heterocycles. The molecule has 1 N–H and O–H groups in total. The lowest BCUT2D eigenvalue weighted by Crippen LogP contribution is -2.54. The first kappa shape index (κ1) is 34.0. The lowest BCUT2D eigenvalue weighted by atomic mass is 9.50. The van der Waals surface area contributed by atoms with Crippen LogP contribution in [0.3, 0.4) is 0 Å². The highest BCUT2D eigenvalue weighted by molar-refractivity contribution is 6.32. The number of methoxy groups -OCH3 is 1. The van der Waals surface area contributed by atoms with Crippen LogP contribution >= 0.6 is 11.6 Å². The fourth-order valence-corrected chi connectivity index (χ4v) is 9.16. The molecule has 6 atom stereocenters. The van der Waals surface area contributed by atoms with E-state index in [4.69, 9.17) is 16.3 Å². The first-order valence-corrected chi connectivity index (χ1v) is 17.5. The molecule has 0 aromatic heterocycles. The molecule has 3 fully saturated rings. The molecule has 0 bridgehead atoms. The van der Waals surface area contributed by atoms with Gasteiger partial charge in [-0.15, -0.1) is 0 Å². The van der Waals surface area contributed by atoms with Gasteiger partial charge in [0.1, 0.15) is 0 Å². The summed E-state index contributed by atoms with van der Waals surface area (Å²) < 4.78 is 5.34. The van der Waals surface area contributed by atoms with E-state index in [1.165, 1.54) is 42.3 Å². The number of amides is 4. The number of hydrogen-bond donors (Lipinski definition) is 1. The number of phenols is 1. The first-order valence-electron chi connectivity index (χ1n) is 17.1. The maximum atomic E-state index is 15.3. The third-order valence-corrected chi connectivity index (χ3v) is 11.5. The average Bonchev–Trinajstić information content (AvgIpc) is 3.55. The van der Waals surface area contributed by atoms with Crippen LogP contribution in [-0.2, 0) is 24.6 Å². The smallest absolute Gasteiger partial charge is 0.269 e. The number of nitro benzene ring substituents is 1. The van der Waals surface area contributed by atoms with Gasteiger partial charge in [-0.1, -0.05) is 77.9 Å². The minimum atomic E-state index is -1.43. The Morgan fingerprint density at radius 1 is 0.868 bits per heavy atom. The van der Waals surface area contributed by atoms with Crippen molar-refractivity contribution in [2.75, 3.05) is 16.9 Å². The van der Waals surface area contributed by atoms with Crippen LogP contribution < -0.4 is 14.5 Å². The maximum Gasteiger partial charge on any atom is 0.269 e. The fraction of sp³-hybridized carbons (Fsp3) is 0.220. The number of nitro groups is 1. The molecular formula is C41H32ClN3O8. The summed E-state index contributed by atoms with van der Waals surface area (Å²) >= 11 is 6.38. The Balaban J connectivity index is 1.30. The SMILES string of the molecule is COc1cc(C=C[C@H]2C3=CC[C@@H]4C(=O)N(c5ccc([N+](=O)[O-])cc5)C(=O)[C@@H]4[C@@H]3C[C@H]3C(=O)N(c4cccc(Cl)c4)C(=O)[C@@]23c2ccccc2)ccc1O. The standard InChI is InChI=1S/C41H32ClN3O8/c1-53-35-20-23(11-19-34(35)46)10-18-32-29-16-17-30-36(39(49)43(37(30)47)26-12-14-27(15-13-26)45(51)52)31(29)22-33-38(48)44(28-9-5-8-25(42)21-28)40(50)41(32,33)24-6-3-2-4-7-24/h2-16,18-21,30-33,36,46H,17,22H2,1H3/t30-,31+,32-,33-,36-,41-/m0/s1. The van der Waals surface area contributed by atoms with Gasteiger partial charge in [-0.05, 0) is 72.4 Å². The highest BCUT2D eigenvalue weighted by Crippen LogP contribution is 2.62. The van der Waals surface area contributed by atoms with Gasteiger partial charge in [0.25, 0.3) is 5.69 Å². The zero-order chi connectivity index (χ0) is 37.2. The Morgan fingerprint density at radius 3 is 2.32 bits per heavy atom. The van der Waals surface area contributed by atoms with Crippen LogP contribution in [0.25, 0.3) is 6.08 Å². The van der Waals surface area contributed by atoms with Gasteiger partial charge in [-0.25, -0.2) is 4.90 Å². The number of rotatable bonds is 7. The molecule has 0 spiro atoms. The van der Waals surface area contributed by atoms with Crippen LogP contribution in [0.5, 0.6) is 11.5 Å². The summed E-state index contributed by atoms with van der Waals surface area (Å²) in [5.41, 5.74) is 1.02. The molecule has 8 rings (SSSR count). The molecular weight excluding hydrogens is 698 g/mol. The third kappa shape index (κ3) is 5.17. The van der Waals surface area contributed by atoms with Crippen LogP contribution in [0.1, 0.15) is 24.0 Å². The van der Waals surface area contributed by atoms with E-state index < -0.39 is 63.6 Å². The molecule has 12 heteroatoms. The molecule has 4 aromatic rings. The van der Waals surface area contributed by atoms with Gasteiger partial charge in [0.15, 0.2) is 11.5 Å². The number of hydrogen-bond acceptors (Lipinski definition) is 8. The second kappa shape index (κ2) is 12.9. The van der Waals surface area contributed by atoms with Crippen molar-refractivity contribution in [1.29, 1.82) is 0 Å². The highest BCUT2D eigenvalue weighted by Gasteiger charge is 2.69.